The molecule has 0 spiro atoms. The molecular formula is C18H19FN4O. The van der Waals surface area contributed by atoms with Gasteiger partial charge in [0.25, 0.3) is 0 Å². The van der Waals surface area contributed by atoms with E-state index in [2.05, 4.69) is 15.4 Å². The highest BCUT2D eigenvalue weighted by Crippen LogP contribution is 2.22. The smallest absolute Gasteiger partial charge is 0.242 e. The largest absolute Gasteiger partial charge is 0.459 e. The summed E-state index contributed by atoms with van der Waals surface area (Å²) in [7, 11) is 1.87. The van der Waals surface area contributed by atoms with Crippen LogP contribution in [0.5, 0.6) is 5.75 Å². The topological polar surface area (TPSA) is 52.0 Å². The number of benzene rings is 2. The van der Waals surface area contributed by atoms with Crippen molar-refractivity contribution in [1.82, 2.24) is 14.8 Å². The van der Waals surface area contributed by atoms with Gasteiger partial charge in [-0.15, -0.1) is 5.10 Å². The van der Waals surface area contributed by atoms with E-state index in [0.29, 0.717) is 11.6 Å². The maximum Gasteiger partial charge on any atom is 0.242 e. The molecule has 0 saturated heterocycles. The van der Waals surface area contributed by atoms with Gasteiger partial charge >= 0.3 is 0 Å². The molecule has 124 valence electrons. The fourth-order valence-corrected chi connectivity index (χ4v) is 2.25. The van der Waals surface area contributed by atoms with Gasteiger partial charge in [-0.25, -0.2) is 9.67 Å². The zero-order valence-corrected chi connectivity index (χ0v) is 13.8. The Bertz CT molecular complexity index is 804. The summed E-state index contributed by atoms with van der Waals surface area (Å²) >= 11 is 0. The first kappa shape index (κ1) is 16.0. The van der Waals surface area contributed by atoms with Crippen molar-refractivity contribution < 1.29 is 9.13 Å². The molecule has 0 bridgehead atoms. The summed E-state index contributed by atoms with van der Waals surface area (Å²) in [5, 5.41) is 7.55. The number of hydrogen-bond acceptors (Lipinski definition) is 4. The van der Waals surface area contributed by atoms with Crippen molar-refractivity contribution >= 4 is 5.69 Å². The molecule has 5 nitrogen and oxygen atoms in total. The lowest BCUT2D eigenvalue weighted by Crippen LogP contribution is -2.20. The monoisotopic (exact) mass is 326 g/mol. The summed E-state index contributed by atoms with van der Waals surface area (Å²) in [6.45, 7) is 2.73. The van der Waals surface area contributed by atoms with Crippen LogP contribution >= 0.6 is 0 Å². The van der Waals surface area contributed by atoms with Gasteiger partial charge < -0.3 is 10.1 Å². The van der Waals surface area contributed by atoms with E-state index in [-0.39, 0.29) is 0 Å². The molecule has 0 saturated carbocycles. The first-order valence-corrected chi connectivity index (χ1v) is 7.63. The zero-order valence-electron chi connectivity index (χ0n) is 13.8. The molecule has 1 N–H and O–H groups in total. The third kappa shape index (κ3) is 3.71. The maximum absolute atomic E-state index is 13.5. The van der Waals surface area contributed by atoms with E-state index in [1.807, 2.05) is 43.4 Å². The van der Waals surface area contributed by atoms with E-state index in [9.17, 15) is 4.39 Å². The Labute approximate surface area is 140 Å². The van der Waals surface area contributed by atoms with Crippen molar-refractivity contribution in [2.75, 3.05) is 12.4 Å². The number of alkyl halides is 1. The molecule has 0 aliphatic rings. The molecule has 0 amide bonds. The Morgan fingerprint density at radius 3 is 2.29 bits per heavy atom. The first-order valence-electron chi connectivity index (χ1n) is 7.63. The predicted octanol–water partition coefficient (Wildman–Crippen LogP) is 4.06. The Morgan fingerprint density at radius 1 is 1.04 bits per heavy atom. The first-order chi connectivity index (χ1) is 11.4. The molecule has 6 heteroatoms. The molecule has 0 aliphatic carbocycles. The second-order valence-electron chi connectivity index (χ2n) is 5.80. The van der Waals surface area contributed by atoms with Gasteiger partial charge in [0, 0.05) is 32.1 Å². The van der Waals surface area contributed by atoms with Crippen LogP contribution < -0.4 is 10.1 Å². The lowest BCUT2D eigenvalue weighted by molar-refractivity contribution is -0.0257. The molecule has 24 heavy (non-hydrogen) atoms. The van der Waals surface area contributed by atoms with Crippen LogP contribution in [0.4, 0.5) is 10.1 Å². The van der Waals surface area contributed by atoms with Crippen LogP contribution in [-0.4, -0.2) is 27.7 Å². The van der Waals surface area contributed by atoms with Crippen molar-refractivity contribution in [2.24, 2.45) is 0 Å². The molecule has 1 heterocycles. The van der Waals surface area contributed by atoms with Crippen molar-refractivity contribution in [3.8, 4) is 22.8 Å². The van der Waals surface area contributed by atoms with E-state index < -0.39 is 5.85 Å². The minimum absolute atomic E-state index is 0.467. The maximum atomic E-state index is 13.5. The summed E-state index contributed by atoms with van der Waals surface area (Å²) in [6.07, 6.45) is 1.65. The summed E-state index contributed by atoms with van der Waals surface area (Å²) in [4.78, 5) is 4.34. The lowest BCUT2D eigenvalue weighted by Gasteiger charge is -2.17. The Kier molecular flexibility index (Phi) is 4.20. The number of anilines is 1. The molecule has 2 aromatic carbocycles. The van der Waals surface area contributed by atoms with E-state index in [4.69, 9.17) is 4.74 Å². The second kappa shape index (κ2) is 6.31. The number of nitrogens with zero attached hydrogens (tertiary/aromatic N) is 3. The van der Waals surface area contributed by atoms with Gasteiger partial charge in [-0.3, -0.25) is 0 Å². The SMILES string of the molecule is CNc1ccc(-c2ncn(-c3ccc(OC(C)(C)F)cc3)n2)cc1. The highest BCUT2D eigenvalue weighted by Gasteiger charge is 2.16. The van der Waals surface area contributed by atoms with Gasteiger partial charge in [0.2, 0.25) is 5.85 Å². The molecule has 3 aromatic rings. The van der Waals surface area contributed by atoms with Crippen LogP contribution in [-0.2, 0) is 0 Å². The van der Waals surface area contributed by atoms with Crippen molar-refractivity contribution in [2.45, 2.75) is 19.7 Å². The third-order valence-electron chi connectivity index (χ3n) is 3.39. The fourth-order valence-electron chi connectivity index (χ4n) is 2.25. The van der Waals surface area contributed by atoms with Gasteiger partial charge in [0.15, 0.2) is 5.82 Å². The second-order valence-corrected chi connectivity index (χ2v) is 5.80. The Morgan fingerprint density at radius 2 is 1.71 bits per heavy atom. The molecule has 0 radical (unpaired) electrons. The van der Waals surface area contributed by atoms with Crippen LogP contribution in [0.2, 0.25) is 0 Å². The average Bonchev–Trinajstić information content (AvgIpc) is 3.04. The number of aromatic nitrogens is 3. The number of halogens is 1. The summed E-state index contributed by atoms with van der Waals surface area (Å²) in [6, 6.07) is 14.9. The molecule has 0 aliphatic heterocycles. The summed E-state index contributed by atoms with van der Waals surface area (Å²) < 4.78 is 20.3. The van der Waals surface area contributed by atoms with E-state index in [1.54, 1.807) is 23.1 Å². The summed E-state index contributed by atoms with van der Waals surface area (Å²) in [5.74, 6) is -0.598. The number of rotatable bonds is 5. The van der Waals surface area contributed by atoms with E-state index in [1.165, 1.54) is 13.8 Å². The molecule has 0 unspecified atom stereocenters. The molecule has 0 atom stereocenters. The van der Waals surface area contributed by atoms with Gasteiger partial charge in [-0.2, -0.15) is 4.39 Å². The van der Waals surface area contributed by atoms with Crippen LogP contribution in [0, 0.1) is 0 Å². The van der Waals surface area contributed by atoms with Crippen molar-refractivity contribution in [3.63, 3.8) is 0 Å². The molecule has 3 rings (SSSR count). The van der Waals surface area contributed by atoms with Crippen LogP contribution in [0.3, 0.4) is 0 Å². The number of hydrogen-bond donors (Lipinski definition) is 1. The number of ether oxygens (including phenoxy) is 1. The Balaban J connectivity index is 1.79. The molecule has 0 fully saturated rings. The van der Waals surface area contributed by atoms with Gasteiger partial charge in [0.1, 0.15) is 12.1 Å². The third-order valence-corrected chi connectivity index (χ3v) is 3.39. The van der Waals surface area contributed by atoms with Crippen LogP contribution in [0.25, 0.3) is 17.1 Å². The van der Waals surface area contributed by atoms with Crippen molar-refractivity contribution in [1.29, 1.82) is 0 Å². The predicted molar refractivity (Wildman–Crippen MR) is 92.2 cm³/mol. The van der Waals surface area contributed by atoms with Crippen LogP contribution in [0.1, 0.15) is 13.8 Å². The fraction of sp³-hybridized carbons (Fsp3) is 0.222. The molecule has 1 aromatic heterocycles. The summed E-state index contributed by atoms with van der Waals surface area (Å²) in [5.41, 5.74) is 2.79. The normalized spacial score (nSPS) is 11.3. The lowest BCUT2D eigenvalue weighted by atomic mass is 10.2. The van der Waals surface area contributed by atoms with E-state index in [0.717, 1.165) is 16.9 Å². The van der Waals surface area contributed by atoms with E-state index >= 15 is 0 Å². The van der Waals surface area contributed by atoms with Gasteiger partial charge in [-0.05, 0) is 48.5 Å². The van der Waals surface area contributed by atoms with Crippen molar-refractivity contribution in [3.05, 3.63) is 54.9 Å². The quantitative estimate of drug-likeness (QED) is 0.768. The average molecular weight is 326 g/mol. The Hall–Kier alpha value is -2.89. The highest BCUT2D eigenvalue weighted by molar-refractivity contribution is 5.59. The standard InChI is InChI=1S/C18H19FN4O/c1-18(2,19)24-16-10-8-15(9-11-16)23-12-21-17(22-23)13-4-6-14(20-3)7-5-13/h4-12,20H,1-3H3. The minimum atomic E-state index is -1.71. The number of nitrogens with one attached hydrogen (secondary N) is 1. The van der Waals surface area contributed by atoms with Gasteiger partial charge in [-0.1, -0.05) is 0 Å². The minimum Gasteiger partial charge on any atom is -0.459 e. The van der Waals surface area contributed by atoms with Crippen LogP contribution in [0.15, 0.2) is 54.9 Å². The highest BCUT2D eigenvalue weighted by atomic mass is 19.2. The zero-order chi connectivity index (χ0) is 17.2. The van der Waals surface area contributed by atoms with Gasteiger partial charge in [0.05, 0.1) is 5.69 Å². The molecular weight excluding hydrogens is 307 g/mol.